The molecule has 0 aliphatic carbocycles. The lowest BCUT2D eigenvalue weighted by atomic mass is 9.95. The third-order valence-electron chi connectivity index (χ3n) is 11.1. The van der Waals surface area contributed by atoms with Gasteiger partial charge in [0, 0.05) is 44.9 Å². The SMILES string of the molecule is c1ccc(-c2cccc(N(c3ccc(-c4cccc5c4oc4cc6nc(-c7ccccc7)sc6cc45)cc3)c3ccc(-c4ccccc4)cc3-c3ccccc3)c2)cc1. The Morgan fingerprint density at radius 3 is 1.66 bits per heavy atom. The van der Waals surface area contributed by atoms with Crippen molar-refractivity contribution in [2.45, 2.75) is 0 Å². The molecule has 0 aliphatic heterocycles. The Morgan fingerprint density at radius 2 is 0.966 bits per heavy atom. The van der Waals surface area contributed by atoms with Crippen LogP contribution in [0.2, 0.25) is 0 Å². The van der Waals surface area contributed by atoms with Crippen LogP contribution in [-0.2, 0) is 0 Å². The second-order valence-corrected chi connectivity index (χ2v) is 15.8. The van der Waals surface area contributed by atoms with Crippen LogP contribution in [0.25, 0.3) is 87.2 Å². The minimum absolute atomic E-state index is 0.846. The summed E-state index contributed by atoms with van der Waals surface area (Å²) in [6.45, 7) is 0. The Kier molecular flexibility index (Phi) is 8.68. The lowest BCUT2D eigenvalue weighted by Gasteiger charge is -2.29. The Hall–Kier alpha value is -7.53. The lowest BCUT2D eigenvalue weighted by Crippen LogP contribution is -2.11. The quantitative estimate of drug-likeness (QED) is 0.154. The largest absolute Gasteiger partial charge is 0.455 e. The molecule has 9 aromatic carbocycles. The summed E-state index contributed by atoms with van der Waals surface area (Å²) in [5.41, 5.74) is 16.2. The fourth-order valence-electron chi connectivity index (χ4n) is 8.21. The van der Waals surface area contributed by atoms with Crippen LogP contribution in [0.1, 0.15) is 0 Å². The molecule has 0 spiro atoms. The Morgan fingerprint density at radius 1 is 0.390 bits per heavy atom. The summed E-state index contributed by atoms with van der Waals surface area (Å²) < 4.78 is 7.85. The van der Waals surface area contributed by atoms with Gasteiger partial charge in [-0.2, -0.15) is 0 Å². The number of aromatic nitrogens is 1. The number of hydrogen-bond donors (Lipinski definition) is 0. The van der Waals surface area contributed by atoms with E-state index in [0.717, 1.165) is 87.6 Å². The average Bonchev–Trinajstić information content (AvgIpc) is 3.91. The van der Waals surface area contributed by atoms with Gasteiger partial charge in [0.25, 0.3) is 0 Å². The van der Waals surface area contributed by atoms with Crippen molar-refractivity contribution in [3.63, 3.8) is 0 Å². The number of thiazole rings is 1. The molecule has 3 nitrogen and oxygen atoms in total. The lowest BCUT2D eigenvalue weighted by molar-refractivity contribution is 0.670. The third-order valence-corrected chi connectivity index (χ3v) is 12.2. The standard InChI is InChI=1S/C55H36N2OS/c1-5-15-37(16-6-1)42-23-13-24-45(33-42)57(51-32-29-43(38-17-7-2-8-18-38)34-48(51)39-19-9-3-10-20-39)44-30-27-40(28-31-44)46-25-14-26-47-49-35-53-50(36-52(49)58-54(46)47)56-55(59-53)41-21-11-4-12-22-41/h1-36H. The van der Waals surface area contributed by atoms with Gasteiger partial charge in [0.2, 0.25) is 0 Å². The number of nitrogens with zero attached hydrogens (tertiary/aromatic N) is 2. The van der Waals surface area contributed by atoms with E-state index < -0.39 is 0 Å². The average molecular weight is 773 g/mol. The van der Waals surface area contributed by atoms with Crippen molar-refractivity contribution in [3.8, 4) is 55.1 Å². The molecule has 0 atom stereocenters. The van der Waals surface area contributed by atoms with Crippen molar-refractivity contribution >= 4 is 60.6 Å². The summed E-state index contributed by atoms with van der Waals surface area (Å²) in [5.74, 6) is 0. The number of benzene rings is 9. The molecule has 0 unspecified atom stereocenters. The molecule has 2 aromatic heterocycles. The van der Waals surface area contributed by atoms with Crippen LogP contribution in [0.15, 0.2) is 223 Å². The van der Waals surface area contributed by atoms with Crippen molar-refractivity contribution < 1.29 is 4.42 Å². The first-order chi connectivity index (χ1) is 29.2. The molecule has 0 saturated heterocycles. The van der Waals surface area contributed by atoms with E-state index in [4.69, 9.17) is 9.40 Å². The minimum atomic E-state index is 0.846. The van der Waals surface area contributed by atoms with E-state index in [-0.39, 0.29) is 0 Å². The van der Waals surface area contributed by atoms with E-state index in [9.17, 15) is 0 Å². The maximum Gasteiger partial charge on any atom is 0.143 e. The number of fused-ring (bicyclic) bond motifs is 4. The van der Waals surface area contributed by atoms with Crippen molar-refractivity contribution in [1.82, 2.24) is 4.98 Å². The molecule has 278 valence electrons. The first-order valence-electron chi connectivity index (χ1n) is 19.9. The maximum absolute atomic E-state index is 6.70. The zero-order valence-electron chi connectivity index (χ0n) is 32.0. The van der Waals surface area contributed by atoms with Gasteiger partial charge >= 0.3 is 0 Å². The van der Waals surface area contributed by atoms with Crippen LogP contribution < -0.4 is 4.90 Å². The van der Waals surface area contributed by atoms with Gasteiger partial charge in [-0.3, -0.25) is 0 Å². The van der Waals surface area contributed by atoms with Crippen LogP contribution in [0.4, 0.5) is 17.1 Å². The Labute approximate surface area is 346 Å². The van der Waals surface area contributed by atoms with Crippen molar-refractivity contribution in [2.75, 3.05) is 4.90 Å². The molecular weight excluding hydrogens is 737 g/mol. The molecule has 0 radical (unpaired) electrons. The second kappa shape index (κ2) is 14.8. The van der Waals surface area contributed by atoms with Crippen LogP contribution in [0, 0.1) is 0 Å². The van der Waals surface area contributed by atoms with Gasteiger partial charge in [0.1, 0.15) is 16.2 Å². The highest BCUT2D eigenvalue weighted by molar-refractivity contribution is 7.21. The maximum atomic E-state index is 6.70. The monoisotopic (exact) mass is 772 g/mol. The predicted molar refractivity (Wildman–Crippen MR) is 249 cm³/mol. The zero-order valence-corrected chi connectivity index (χ0v) is 32.8. The highest BCUT2D eigenvalue weighted by atomic mass is 32.1. The molecule has 11 rings (SSSR count). The van der Waals surface area contributed by atoms with E-state index in [1.54, 1.807) is 11.3 Å². The fraction of sp³-hybridized carbons (Fsp3) is 0. The molecule has 0 saturated carbocycles. The van der Waals surface area contributed by atoms with Crippen LogP contribution in [-0.4, -0.2) is 4.98 Å². The van der Waals surface area contributed by atoms with E-state index in [1.807, 2.05) is 6.07 Å². The van der Waals surface area contributed by atoms with Gasteiger partial charge in [0.15, 0.2) is 0 Å². The van der Waals surface area contributed by atoms with E-state index >= 15 is 0 Å². The van der Waals surface area contributed by atoms with Crippen LogP contribution in [0.5, 0.6) is 0 Å². The smallest absolute Gasteiger partial charge is 0.143 e. The summed E-state index contributed by atoms with van der Waals surface area (Å²) in [4.78, 5) is 7.37. The van der Waals surface area contributed by atoms with Gasteiger partial charge in [-0.25, -0.2) is 4.98 Å². The van der Waals surface area contributed by atoms with E-state index in [1.165, 1.54) is 16.7 Å². The summed E-state index contributed by atoms with van der Waals surface area (Å²) in [6, 6.07) is 77.7. The Balaban J connectivity index is 1.04. The molecular formula is C55H36N2OS. The first kappa shape index (κ1) is 34.7. The van der Waals surface area contributed by atoms with E-state index in [0.29, 0.717) is 0 Å². The zero-order chi connectivity index (χ0) is 39.1. The number of furan rings is 1. The minimum Gasteiger partial charge on any atom is -0.455 e. The summed E-state index contributed by atoms with van der Waals surface area (Å²) in [7, 11) is 0. The molecule has 59 heavy (non-hydrogen) atoms. The van der Waals surface area contributed by atoms with Crippen LogP contribution >= 0.6 is 11.3 Å². The predicted octanol–water partition coefficient (Wildman–Crippen LogP) is 16.0. The van der Waals surface area contributed by atoms with E-state index in [2.05, 4.69) is 217 Å². The number of rotatable bonds is 8. The van der Waals surface area contributed by atoms with Gasteiger partial charge in [-0.1, -0.05) is 170 Å². The van der Waals surface area contributed by atoms with Crippen molar-refractivity contribution in [3.05, 3.63) is 218 Å². The van der Waals surface area contributed by atoms with Gasteiger partial charge < -0.3 is 9.32 Å². The molecule has 4 heteroatoms. The van der Waals surface area contributed by atoms with Gasteiger partial charge in [0.05, 0.1) is 15.9 Å². The Bertz CT molecular complexity index is 3250. The number of anilines is 3. The molecule has 0 N–H and O–H groups in total. The van der Waals surface area contributed by atoms with Crippen molar-refractivity contribution in [2.24, 2.45) is 0 Å². The van der Waals surface area contributed by atoms with Crippen molar-refractivity contribution in [1.29, 1.82) is 0 Å². The molecule has 0 amide bonds. The molecule has 11 aromatic rings. The third kappa shape index (κ3) is 6.46. The van der Waals surface area contributed by atoms with Gasteiger partial charge in [-0.05, 0) is 75.8 Å². The van der Waals surface area contributed by atoms with Crippen LogP contribution in [0.3, 0.4) is 0 Å². The first-order valence-corrected chi connectivity index (χ1v) is 20.7. The molecule has 0 aliphatic rings. The number of hydrogen-bond acceptors (Lipinski definition) is 4. The number of para-hydroxylation sites is 1. The molecule has 0 fully saturated rings. The summed E-state index contributed by atoms with van der Waals surface area (Å²) in [6.07, 6.45) is 0. The van der Waals surface area contributed by atoms with Gasteiger partial charge in [-0.15, -0.1) is 11.3 Å². The highest BCUT2D eigenvalue weighted by Crippen LogP contribution is 2.45. The normalized spacial score (nSPS) is 11.4. The summed E-state index contributed by atoms with van der Waals surface area (Å²) >= 11 is 1.72. The summed E-state index contributed by atoms with van der Waals surface area (Å²) in [5, 5.41) is 3.22. The molecule has 2 heterocycles. The molecule has 0 bridgehead atoms. The fourth-order valence-corrected chi connectivity index (χ4v) is 9.20. The topological polar surface area (TPSA) is 29.3 Å². The second-order valence-electron chi connectivity index (χ2n) is 14.7. The highest BCUT2D eigenvalue weighted by Gasteiger charge is 2.20.